The molecule has 0 radical (unpaired) electrons. The summed E-state index contributed by atoms with van der Waals surface area (Å²) in [5.74, 6) is 0.0970. The summed E-state index contributed by atoms with van der Waals surface area (Å²) in [7, 11) is 1.52. The first-order valence-corrected chi connectivity index (χ1v) is 10.6. The van der Waals surface area contributed by atoms with Crippen molar-refractivity contribution in [1.29, 1.82) is 0 Å². The number of carbonyl (C=O) groups is 2. The number of hydrogen-bond donors (Lipinski definition) is 1. The number of carbonyl (C=O) groups excluding carboxylic acids is 2. The molecule has 1 aliphatic heterocycles. The molecule has 30 heavy (non-hydrogen) atoms. The van der Waals surface area contributed by atoms with E-state index in [0.29, 0.717) is 31.0 Å². The number of ether oxygens (including phenoxy) is 1. The van der Waals surface area contributed by atoms with Gasteiger partial charge in [-0.1, -0.05) is 30.3 Å². The van der Waals surface area contributed by atoms with Crippen molar-refractivity contribution in [3.05, 3.63) is 65.3 Å². The Morgan fingerprint density at radius 3 is 2.80 bits per heavy atom. The number of benzene rings is 1. The first kappa shape index (κ1) is 20.0. The van der Waals surface area contributed by atoms with Crippen LogP contribution in [0.25, 0.3) is 10.6 Å². The Labute approximate surface area is 178 Å². The smallest absolute Gasteiger partial charge is 0.256 e. The molecule has 3 aromatic rings. The number of hydrogen-bond acceptors (Lipinski definition) is 6. The summed E-state index contributed by atoms with van der Waals surface area (Å²) in [5, 5.41) is 5.80. The van der Waals surface area contributed by atoms with Crippen LogP contribution in [0, 0.1) is 0 Å². The first-order valence-electron chi connectivity index (χ1n) is 9.74. The number of methoxy groups -OCH3 is 1. The van der Waals surface area contributed by atoms with Crippen LogP contribution in [0.2, 0.25) is 0 Å². The Morgan fingerprint density at radius 1 is 1.23 bits per heavy atom. The zero-order chi connectivity index (χ0) is 20.9. The fraction of sp³-hybridized carbons (Fsp3) is 0.273. The van der Waals surface area contributed by atoms with E-state index in [4.69, 9.17) is 4.74 Å². The molecule has 0 spiro atoms. The van der Waals surface area contributed by atoms with Gasteiger partial charge in [0.1, 0.15) is 11.0 Å². The molecule has 1 aromatic carbocycles. The van der Waals surface area contributed by atoms with Gasteiger partial charge in [-0.25, -0.2) is 9.97 Å². The first-order chi connectivity index (χ1) is 14.7. The topological polar surface area (TPSA) is 84.4 Å². The third-order valence-electron chi connectivity index (χ3n) is 5.02. The molecule has 7 nitrogen and oxygen atoms in total. The van der Waals surface area contributed by atoms with Crippen molar-refractivity contribution in [2.75, 3.05) is 13.7 Å². The standard InChI is InChI=1S/C22H22N4O3S/c1-29-19-10-9-16(12-23-19)22(28)26-11-5-8-18(26)20(27)24-13-17-14-30-21(25-17)15-6-3-2-4-7-15/h2-4,6-7,9-10,12,14,18H,5,8,11,13H2,1H3,(H,24,27). The van der Waals surface area contributed by atoms with Crippen LogP contribution in [0.1, 0.15) is 28.9 Å². The number of pyridine rings is 1. The molecule has 0 saturated carbocycles. The molecular weight excluding hydrogens is 400 g/mol. The fourth-order valence-electron chi connectivity index (χ4n) is 3.47. The van der Waals surface area contributed by atoms with E-state index in [1.54, 1.807) is 28.4 Å². The minimum Gasteiger partial charge on any atom is -0.481 e. The van der Waals surface area contributed by atoms with Crippen LogP contribution in [-0.4, -0.2) is 46.4 Å². The highest BCUT2D eigenvalue weighted by molar-refractivity contribution is 7.13. The van der Waals surface area contributed by atoms with Crippen molar-refractivity contribution >= 4 is 23.2 Å². The van der Waals surface area contributed by atoms with E-state index in [-0.39, 0.29) is 11.8 Å². The molecule has 1 unspecified atom stereocenters. The van der Waals surface area contributed by atoms with Gasteiger partial charge in [0.25, 0.3) is 5.91 Å². The molecule has 0 aliphatic carbocycles. The summed E-state index contributed by atoms with van der Waals surface area (Å²) < 4.78 is 5.03. The lowest BCUT2D eigenvalue weighted by molar-refractivity contribution is -0.125. The van der Waals surface area contributed by atoms with Crippen molar-refractivity contribution in [2.24, 2.45) is 0 Å². The Kier molecular flexibility index (Phi) is 6.04. The van der Waals surface area contributed by atoms with E-state index in [0.717, 1.165) is 22.7 Å². The van der Waals surface area contributed by atoms with Gasteiger partial charge in [-0.3, -0.25) is 9.59 Å². The van der Waals surface area contributed by atoms with Gasteiger partial charge in [-0.2, -0.15) is 0 Å². The average molecular weight is 423 g/mol. The highest BCUT2D eigenvalue weighted by Crippen LogP contribution is 2.24. The summed E-state index contributed by atoms with van der Waals surface area (Å²) in [5.41, 5.74) is 2.31. The maximum absolute atomic E-state index is 12.9. The highest BCUT2D eigenvalue weighted by Gasteiger charge is 2.34. The third-order valence-corrected chi connectivity index (χ3v) is 5.97. The predicted molar refractivity (Wildman–Crippen MR) is 114 cm³/mol. The lowest BCUT2D eigenvalue weighted by Gasteiger charge is -2.23. The normalized spacial score (nSPS) is 15.8. The second-order valence-corrected chi connectivity index (χ2v) is 7.83. The number of rotatable bonds is 6. The molecule has 8 heteroatoms. The Bertz CT molecular complexity index is 1020. The van der Waals surface area contributed by atoms with Crippen LogP contribution in [0.3, 0.4) is 0 Å². The third kappa shape index (κ3) is 4.33. The van der Waals surface area contributed by atoms with Crippen molar-refractivity contribution < 1.29 is 14.3 Å². The SMILES string of the molecule is COc1ccc(C(=O)N2CCCC2C(=O)NCc2csc(-c3ccccc3)n2)cn1. The van der Waals surface area contributed by atoms with Crippen LogP contribution in [0.5, 0.6) is 5.88 Å². The van der Waals surface area contributed by atoms with Crippen LogP contribution < -0.4 is 10.1 Å². The number of amides is 2. The van der Waals surface area contributed by atoms with E-state index in [1.165, 1.54) is 13.3 Å². The van der Waals surface area contributed by atoms with E-state index in [2.05, 4.69) is 15.3 Å². The fourth-order valence-corrected chi connectivity index (χ4v) is 4.30. The molecular formula is C22H22N4O3S. The van der Waals surface area contributed by atoms with E-state index < -0.39 is 6.04 Å². The van der Waals surface area contributed by atoms with Crippen LogP contribution in [0.4, 0.5) is 0 Å². The molecule has 1 saturated heterocycles. The van der Waals surface area contributed by atoms with E-state index in [9.17, 15) is 9.59 Å². The second kappa shape index (κ2) is 9.04. The predicted octanol–water partition coefficient (Wildman–Crippen LogP) is 3.13. The average Bonchev–Trinajstić information content (AvgIpc) is 3.48. The molecule has 3 heterocycles. The van der Waals surface area contributed by atoms with Crippen LogP contribution in [-0.2, 0) is 11.3 Å². The van der Waals surface area contributed by atoms with Gasteiger partial charge in [0.15, 0.2) is 0 Å². The zero-order valence-corrected chi connectivity index (χ0v) is 17.4. The largest absolute Gasteiger partial charge is 0.481 e. The minimum atomic E-state index is -0.480. The minimum absolute atomic E-state index is 0.156. The van der Waals surface area contributed by atoms with Gasteiger partial charge in [-0.05, 0) is 18.9 Å². The van der Waals surface area contributed by atoms with Gasteiger partial charge in [0.05, 0.1) is 24.9 Å². The Morgan fingerprint density at radius 2 is 2.07 bits per heavy atom. The van der Waals surface area contributed by atoms with Crippen molar-refractivity contribution in [3.63, 3.8) is 0 Å². The van der Waals surface area contributed by atoms with E-state index in [1.807, 2.05) is 35.7 Å². The quantitative estimate of drug-likeness (QED) is 0.660. The van der Waals surface area contributed by atoms with Gasteiger partial charge in [0, 0.05) is 29.8 Å². The Hall–Kier alpha value is -3.26. The van der Waals surface area contributed by atoms with Crippen molar-refractivity contribution in [1.82, 2.24) is 20.2 Å². The second-order valence-electron chi connectivity index (χ2n) is 6.97. The zero-order valence-electron chi connectivity index (χ0n) is 16.6. The van der Waals surface area contributed by atoms with Gasteiger partial charge < -0.3 is 15.0 Å². The molecule has 0 bridgehead atoms. The summed E-state index contributed by atoms with van der Waals surface area (Å²) in [6.07, 6.45) is 2.92. The lowest BCUT2D eigenvalue weighted by atomic mass is 10.2. The number of thiazole rings is 1. The number of nitrogens with one attached hydrogen (secondary N) is 1. The highest BCUT2D eigenvalue weighted by atomic mass is 32.1. The maximum Gasteiger partial charge on any atom is 0.256 e. The summed E-state index contributed by atoms with van der Waals surface area (Å²) >= 11 is 1.55. The van der Waals surface area contributed by atoms with Crippen molar-refractivity contribution in [2.45, 2.75) is 25.4 Å². The number of nitrogens with zero attached hydrogens (tertiary/aromatic N) is 3. The van der Waals surface area contributed by atoms with Crippen LogP contribution in [0.15, 0.2) is 54.0 Å². The molecule has 154 valence electrons. The van der Waals surface area contributed by atoms with Gasteiger partial charge in [0.2, 0.25) is 11.8 Å². The maximum atomic E-state index is 12.9. The molecule has 1 N–H and O–H groups in total. The number of aromatic nitrogens is 2. The summed E-state index contributed by atoms with van der Waals surface area (Å²) in [6, 6.07) is 12.8. The summed E-state index contributed by atoms with van der Waals surface area (Å²) in [4.78, 5) is 35.9. The van der Waals surface area contributed by atoms with E-state index >= 15 is 0 Å². The molecule has 2 aromatic heterocycles. The monoisotopic (exact) mass is 422 g/mol. The molecule has 1 aliphatic rings. The van der Waals surface area contributed by atoms with Gasteiger partial charge >= 0.3 is 0 Å². The Balaban J connectivity index is 1.38. The molecule has 1 fully saturated rings. The van der Waals surface area contributed by atoms with Gasteiger partial charge in [-0.15, -0.1) is 11.3 Å². The summed E-state index contributed by atoms with van der Waals surface area (Å²) in [6.45, 7) is 0.891. The molecule has 1 atom stereocenters. The lowest BCUT2D eigenvalue weighted by Crippen LogP contribution is -2.45. The number of likely N-dealkylation sites (tertiary alicyclic amines) is 1. The van der Waals surface area contributed by atoms with Crippen molar-refractivity contribution in [3.8, 4) is 16.5 Å². The molecule has 2 amide bonds. The molecule has 4 rings (SSSR count). The van der Waals surface area contributed by atoms with Crippen LogP contribution >= 0.6 is 11.3 Å².